The van der Waals surface area contributed by atoms with Gasteiger partial charge in [0.25, 0.3) is 5.91 Å². The van der Waals surface area contributed by atoms with Crippen LogP contribution in [0.5, 0.6) is 0 Å². The maximum atomic E-state index is 11.5. The summed E-state index contributed by atoms with van der Waals surface area (Å²) in [6.07, 6.45) is 0. The summed E-state index contributed by atoms with van der Waals surface area (Å²) in [5.41, 5.74) is 3.75. The van der Waals surface area contributed by atoms with Crippen molar-refractivity contribution in [2.45, 2.75) is 20.0 Å². The lowest BCUT2D eigenvalue weighted by molar-refractivity contribution is 0.0953. The number of carbonyl (C=O) groups is 1. The van der Waals surface area contributed by atoms with E-state index in [1.54, 1.807) is 6.07 Å². The minimum atomic E-state index is -0.281. The minimum Gasteiger partial charge on any atom is -0.465 e. The molecular formula is C15H19N3O2. The third-order valence-electron chi connectivity index (χ3n) is 2.99. The standard InChI is InChI=1S/C15H19N3O2/c1-11-6-7-14(20-11)10-18(2)9-12-4-3-5-13(8-12)15(19)17-16/h3-8H,9-10,16H2,1-2H3,(H,17,19). The van der Waals surface area contributed by atoms with Gasteiger partial charge in [-0.3, -0.25) is 15.1 Å². The van der Waals surface area contributed by atoms with Crippen LogP contribution in [0.2, 0.25) is 0 Å². The first-order chi connectivity index (χ1) is 9.58. The van der Waals surface area contributed by atoms with E-state index in [0.29, 0.717) is 5.56 Å². The van der Waals surface area contributed by atoms with Gasteiger partial charge in [-0.25, -0.2) is 5.84 Å². The quantitative estimate of drug-likeness (QED) is 0.495. The molecule has 0 unspecified atom stereocenters. The van der Waals surface area contributed by atoms with Crippen molar-refractivity contribution in [2.75, 3.05) is 7.05 Å². The molecule has 2 rings (SSSR count). The summed E-state index contributed by atoms with van der Waals surface area (Å²) in [5.74, 6) is 6.70. The van der Waals surface area contributed by atoms with Gasteiger partial charge in [-0.1, -0.05) is 12.1 Å². The van der Waals surface area contributed by atoms with E-state index in [1.807, 2.05) is 44.3 Å². The molecule has 5 nitrogen and oxygen atoms in total. The molecule has 0 radical (unpaired) electrons. The molecular weight excluding hydrogens is 254 g/mol. The van der Waals surface area contributed by atoms with E-state index in [9.17, 15) is 4.79 Å². The molecule has 1 aromatic carbocycles. The highest BCUT2D eigenvalue weighted by molar-refractivity contribution is 5.93. The van der Waals surface area contributed by atoms with Crippen LogP contribution in [0.3, 0.4) is 0 Å². The number of benzene rings is 1. The van der Waals surface area contributed by atoms with E-state index < -0.39 is 0 Å². The second kappa shape index (κ2) is 6.36. The summed E-state index contributed by atoms with van der Waals surface area (Å²) in [4.78, 5) is 13.6. The van der Waals surface area contributed by atoms with Crippen molar-refractivity contribution in [2.24, 2.45) is 5.84 Å². The maximum absolute atomic E-state index is 11.5. The van der Waals surface area contributed by atoms with E-state index in [2.05, 4.69) is 10.3 Å². The second-order valence-corrected chi connectivity index (χ2v) is 4.86. The molecule has 5 heteroatoms. The summed E-state index contributed by atoms with van der Waals surface area (Å²) in [6.45, 7) is 3.38. The fourth-order valence-corrected chi connectivity index (χ4v) is 2.10. The van der Waals surface area contributed by atoms with Crippen LogP contribution in [0.25, 0.3) is 0 Å². The van der Waals surface area contributed by atoms with Gasteiger partial charge < -0.3 is 4.42 Å². The molecule has 0 aliphatic heterocycles. The van der Waals surface area contributed by atoms with Gasteiger partial charge in [0.1, 0.15) is 11.5 Å². The summed E-state index contributed by atoms with van der Waals surface area (Å²) < 4.78 is 5.55. The van der Waals surface area contributed by atoms with Crippen LogP contribution in [0, 0.1) is 6.92 Å². The van der Waals surface area contributed by atoms with Gasteiger partial charge in [-0.05, 0) is 43.8 Å². The predicted octanol–water partition coefficient (Wildman–Crippen LogP) is 1.82. The number of nitrogens with one attached hydrogen (secondary N) is 1. The number of aryl methyl sites for hydroxylation is 1. The minimum absolute atomic E-state index is 0.281. The average Bonchev–Trinajstić information content (AvgIpc) is 2.83. The van der Waals surface area contributed by atoms with Gasteiger partial charge in [0.05, 0.1) is 6.54 Å². The van der Waals surface area contributed by atoms with E-state index in [0.717, 1.165) is 30.2 Å². The molecule has 106 valence electrons. The van der Waals surface area contributed by atoms with Crippen LogP contribution in [-0.4, -0.2) is 17.9 Å². The number of nitrogen functional groups attached to an aromatic ring is 1. The first-order valence-corrected chi connectivity index (χ1v) is 6.42. The molecule has 0 saturated carbocycles. The first kappa shape index (κ1) is 14.3. The molecule has 1 heterocycles. The normalized spacial score (nSPS) is 10.8. The highest BCUT2D eigenvalue weighted by Gasteiger charge is 2.07. The lowest BCUT2D eigenvalue weighted by Crippen LogP contribution is -2.30. The predicted molar refractivity (Wildman–Crippen MR) is 76.7 cm³/mol. The molecule has 0 fully saturated rings. The maximum Gasteiger partial charge on any atom is 0.265 e. The SMILES string of the molecule is Cc1ccc(CN(C)Cc2cccc(C(=O)NN)c2)o1. The highest BCUT2D eigenvalue weighted by atomic mass is 16.3. The van der Waals surface area contributed by atoms with E-state index in [1.165, 1.54) is 0 Å². The highest BCUT2D eigenvalue weighted by Crippen LogP contribution is 2.12. The summed E-state index contributed by atoms with van der Waals surface area (Å²) in [6, 6.07) is 11.3. The molecule has 0 bridgehead atoms. The Morgan fingerprint density at radius 2 is 2.10 bits per heavy atom. The molecule has 2 aromatic rings. The molecule has 0 aliphatic carbocycles. The average molecular weight is 273 g/mol. The van der Waals surface area contributed by atoms with Crippen molar-refractivity contribution in [3.05, 3.63) is 59.0 Å². The number of rotatable bonds is 5. The van der Waals surface area contributed by atoms with Gasteiger partial charge in [0, 0.05) is 12.1 Å². The Bertz CT molecular complexity index is 592. The monoisotopic (exact) mass is 273 g/mol. The summed E-state index contributed by atoms with van der Waals surface area (Å²) in [7, 11) is 2.01. The molecule has 0 saturated heterocycles. The van der Waals surface area contributed by atoms with Crippen LogP contribution in [0.15, 0.2) is 40.8 Å². The van der Waals surface area contributed by atoms with Crippen LogP contribution >= 0.6 is 0 Å². The number of nitrogens with zero attached hydrogens (tertiary/aromatic N) is 1. The van der Waals surface area contributed by atoms with E-state index in [4.69, 9.17) is 10.3 Å². The Hall–Kier alpha value is -2.11. The van der Waals surface area contributed by atoms with Gasteiger partial charge in [-0.15, -0.1) is 0 Å². The lowest BCUT2D eigenvalue weighted by atomic mass is 10.1. The van der Waals surface area contributed by atoms with Gasteiger partial charge >= 0.3 is 0 Å². The Labute approximate surface area is 118 Å². The molecule has 1 amide bonds. The molecule has 20 heavy (non-hydrogen) atoms. The zero-order chi connectivity index (χ0) is 14.5. The zero-order valence-electron chi connectivity index (χ0n) is 11.7. The molecule has 0 atom stereocenters. The Morgan fingerprint density at radius 3 is 2.75 bits per heavy atom. The topological polar surface area (TPSA) is 71.5 Å². The Kier molecular flexibility index (Phi) is 4.55. The Morgan fingerprint density at radius 1 is 1.30 bits per heavy atom. The van der Waals surface area contributed by atoms with Crippen molar-refractivity contribution >= 4 is 5.91 Å². The largest absolute Gasteiger partial charge is 0.465 e. The summed E-state index contributed by atoms with van der Waals surface area (Å²) in [5, 5.41) is 0. The van der Waals surface area contributed by atoms with Crippen molar-refractivity contribution < 1.29 is 9.21 Å². The number of hydrogen-bond donors (Lipinski definition) is 2. The third-order valence-corrected chi connectivity index (χ3v) is 2.99. The van der Waals surface area contributed by atoms with Crippen molar-refractivity contribution in [3.63, 3.8) is 0 Å². The molecule has 0 aliphatic rings. The molecule has 1 aromatic heterocycles. The second-order valence-electron chi connectivity index (χ2n) is 4.86. The molecule has 3 N–H and O–H groups in total. The van der Waals surface area contributed by atoms with Crippen LogP contribution in [0.1, 0.15) is 27.4 Å². The number of carbonyl (C=O) groups excluding carboxylic acids is 1. The summed E-state index contributed by atoms with van der Waals surface area (Å²) >= 11 is 0. The van der Waals surface area contributed by atoms with Crippen molar-refractivity contribution in [1.82, 2.24) is 10.3 Å². The zero-order valence-corrected chi connectivity index (χ0v) is 11.7. The Balaban J connectivity index is 2.00. The van der Waals surface area contributed by atoms with Crippen molar-refractivity contribution in [3.8, 4) is 0 Å². The van der Waals surface area contributed by atoms with Crippen LogP contribution < -0.4 is 11.3 Å². The van der Waals surface area contributed by atoms with Gasteiger partial charge in [0.2, 0.25) is 0 Å². The number of amides is 1. The number of hydrogen-bond acceptors (Lipinski definition) is 4. The van der Waals surface area contributed by atoms with Gasteiger partial charge in [0.15, 0.2) is 0 Å². The number of furan rings is 1. The smallest absolute Gasteiger partial charge is 0.265 e. The fourth-order valence-electron chi connectivity index (χ4n) is 2.10. The van der Waals surface area contributed by atoms with E-state index in [-0.39, 0.29) is 5.91 Å². The first-order valence-electron chi connectivity index (χ1n) is 6.42. The van der Waals surface area contributed by atoms with E-state index >= 15 is 0 Å². The molecule has 0 spiro atoms. The number of nitrogens with two attached hydrogens (primary N) is 1. The van der Waals surface area contributed by atoms with Crippen LogP contribution in [0.4, 0.5) is 0 Å². The fraction of sp³-hybridized carbons (Fsp3) is 0.267. The lowest BCUT2D eigenvalue weighted by Gasteiger charge is -2.15. The van der Waals surface area contributed by atoms with Gasteiger partial charge in [-0.2, -0.15) is 0 Å². The van der Waals surface area contributed by atoms with Crippen molar-refractivity contribution in [1.29, 1.82) is 0 Å². The van der Waals surface area contributed by atoms with Crippen LogP contribution in [-0.2, 0) is 13.1 Å². The third kappa shape index (κ3) is 3.69. The number of hydrazine groups is 1.